The maximum Gasteiger partial charge on any atom is 0.172 e. The number of hydrogen-bond donors (Lipinski definition) is 2. The second-order valence-corrected chi connectivity index (χ2v) is 6.18. The number of thiocarbonyl (C=S) groups is 1. The Labute approximate surface area is 143 Å². The number of hydrogen-bond acceptors (Lipinski definition) is 3. The molecule has 0 saturated heterocycles. The molecule has 23 heavy (non-hydrogen) atoms. The van der Waals surface area contributed by atoms with Crippen LogP contribution in [0.5, 0.6) is 5.75 Å². The molecule has 0 aliphatic rings. The molecule has 1 atom stereocenters. The quantitative estimate of drug-likeness (QED) is 0.818. The minimum absolute atomic E-state index is 0.0846. The van der Waals surface area contributed by atoms with Gasteiger partial charge in [-0.05, 0) is 80.9 Å². The topological polar surface area (TPSA) is 46.2 Å². The van der Waals surface area contributed by atoms with Crippen molar-refractivity contribution < 1.29 is 4.74 Å². The van der Waals surface area contributed by atoms with Crippen LogP contribution < -0.4 is 15.4 Å². The highest BCUT2D eigenvalue weighted by Gasteiger charge is 2.07. The lowest BCUT2D eigenvalue weighted by Gasteiger charge is -2.18. The van der Waals surface area contributed by atoms with Gasteiger partial charge < -0.3 is 15.4 Å². The van der Waals surface area contributed by atoms with Gasteiger partial charge in [-0.2, -0.15) is 0 Å². The first-order valence-electron chi connectivity index (χ1n) is 7.64. The molecule has 0 radical (unpaired) electrons. The lowest BCUT2D eigenvalue weighted by Crippen LogP contribution is -2.39. The van der Waals surface area contributed by atoms with Crippen molar-refractivity contribution in [3.05, 3.63) is 53.2 Å². The molecule has 122 valence electrons. The number of aryl methyl sites for hydroxylation is 3. The molecule has 1 unspecified atom stereocenters. The Hall–Kier alpha value is -2.14. The van der Waals surface area contributed by atoms with E-state index in [4.69, 9.17) is 17.0 Å². The van der Waals surface area contributed by atoms with Crippen LogP contribution in [0, 0.1) is 20.8 Å². The minimum atomic E-state index is 0.0846. The normalized spacial score (nSPS) is 11.7. The van der Waals surface area contributed by atoms with Gasteiger partial charge in [0.15, 0.2) is 5.11 Å². The van der Waals surface area contributed by atoms with E-state index in [1.165, 1.54) is 11.1 Å². The van der Waals surface area contributed by atoms with E-state index in [9.17, 15) is 0 Å². The van der Waals surface area contributed by atoms with E-state index in [0.717, 1.165) is 17.1 Å². The zero-order valence-electron chi connectivity index (χ0n) is 14.0. The zero-order valence-corrected chi connectivity index (χ0v) is 14.8. The molecule has 0 aliphatic carbocycles. The molecule has 0 amide bonds. The fraction of sp³-hybridized carbons (Fsp3) is 0.333. The van der Waals surface area contributed by atoms with Crippen LogP contribution in [0.2, 0.25) is 0 Å². The third kappa shape index (κ3) is 5.53. The van der Waals surface area contributed by atoms with Crippen LogP contribution in [0.3, 0.4) is 0 Å². The molecule has 5 heteroatoms. The highest BCUT2D eigenvalue weighted by atomic mass is 32.1. The van der Waals surface area contributed by atoms with Gasteiger partial charge in [0.2, 0.25) is 0 Å². The van der Waals surface area contributed by atoms with E-state index < -0.39 is 0 Å². The highest BCUT2D eigenvalue weighted by molar-refractivity contribution is 7.80. The Morgan fingerprint density at radius 1 is 1.17 bits per heavy atom. The summed E-state index contributed by atoms with van der Waals surface area (Å²) < 4.78 is 5.81. The van der Waals surface area contributed by atoms with Crippen LogP contribution in [-0.2, 0) is 0 Å². The predicted octanol–water partition coefficient (Wildman–Crippen LogP) is 3.76. The average molecular weight is 329 g/mol. The Kier molecular flexibility index (Phi) is 5.93. The Morgan fingerprint density at radius 2 is 1.96 bits per heavy atom. The molecule has 1 aromatic carbocycles. The summed E-state index contributed by atoms with van der Waals surface area (Å²) in [6, 6.07) is 10.1. The molecule has 1 aromatic heterocycles. The van der Waals surface area contributed by atoms with E-state index in [1.54, 1.807) is 6.20 Å². The molecule has 0 bridgehead atoms. The SMILES string of the molecule is Cc1ccnc(NC(=S)NC(C)COc2ccc(C)c(C)c2)c1. The number of anilines is 1. The average Bonchev–Trinajstić information content (AvgIpc) is 2.48. The Bertz CT molecular complexity index is 688. The van der Waals surface area contributed by atoms with Crippen molar-refractivity contribution in [2.75, 3.05) is 11.9 Å². The van der Waals surface area contributed by atoms with E-state index in [0.29, 0.717) is 11.7 Å². The highest BCUT2D eigenvalue weighted by Crippen LogP contribution is 2.16. The lowest BCUT2D eigenvalue weighted by molar-refractivity contribution is 0.287. The second-order valence-electron chi connectivity index (χ2n) is 5.78. The van der Waals surface area contributed by atoms with Gasteiger partial charge in [0.25, 0.3) is 0 Å². The van der Waals surface area contributed by atoms with Gasteiger partial charge in [0, 0.05) is 6.20 Å². The van der Waals surface area contributed by atoms with Crippen LogP contribution in [0.25, 0.3) is 0 Å². The van der Waals surface area contributed by atoms with Gasteiger partial charge in [0.05, 0.1) is 6.04 Å². The first-order chi connectivity index (χ1) is 10.9. The molecule has 2 aromatic rings. The predicted molar refractivity (Wildman–Crippen MR) is 99.2 cm³/mol. The fourth-order valence-electron chi connectivity index (χ4n) is 2.05. The van der Waals surface area contributed by atoms with Crippen LogP contribution in [0.4, 0.5) is 5.82 Å². The molecule has 1 heterocycles. The Balaban J connectivity index is 1.80. The fourth-order valence-corrected chi connectivity index (χ4v) is 2.35. The van der Waals surface area contributed by atoms with Gasteiger partial charge in [-0.3, -0.25) is 0 Å². The third-order valence-corrected chi connectivity index (χ3v) is 3.73. The standard InChI is InChI=1S/C18H23N3OS/c1-12-7-8-19-17(9-12)21-18(23)20-15(4)11-22-16-6-5-13(2)14(3)10-16/h5-10,15H,11H2,1-4H3,(H2,19,20,21,23). The number of nitrogens with zero attached hydrogens (tertiary/aromatic N) is 1. The maximum absolute atomic E-state index is 5.81. The number of benzene rings is 1. The van der Waals surface area contributed by atoms with E-state index in [2.05, 4.69) is 41.6 Å². The van der Waals surface area contributed by atoms with Crippen molar-refractivity contribution in [3.8, 4) is 5.75 Å². The lowest BCUT2D eigenvalue weighted by atomic mass is 10.1. The summed E-state index contributed by atoms with van der Waals surface area (Å²) in [4.78, 5) is 4.23. The monoisotopic (exact) mass is 329 g/mol. The minimum Gasteiger partial charge on any atom is -0.491 e. The smallest absolute Gasteiger partial charge is 0.172 e. The van der Waals surface area contributed by atoms with Gasteiger partial charge in [-0.15, -0.1) is 0 Å². The summed E-state index contributed by atoms with van der Waals surface area (Å²) in [7, 11) is 0. The molecule has 2 N–H and O–H groups in total. The molecule has 0 saturated carbocycles. The van der Waals surface area contributed by atoms with Gasteiger partial charge in [0.1, 0.15) is 18.2 Å². The second kappa shape index (κ2) is 7.92. The molecule has 0 aliphatic heterocycles. The van der Waals surface area contributed by atoms with Crippen LogP contribution >= 0.6 is 12.2 Å². The molecule has 4 nitrogen and oxygen atoms in total. The van der Waals surface area contributed by atoms with Crippen molar-refractivity contribution in [2.24, 2.45) is 0 Å². The molecule has 2 rings (SSSR count). The number of rotatable bonds is 5. The summed E-state index contributed by atoms with van der Waals surface area (Å²) in [6.07, 6.45) is 1.76. The summed E-state index contributed by atoms with van der Waals surface area (Å²) in [5.74, 6) is 1.62. The van der Waals surface area contributed by atoms with Gasteiger partial charge in [-0.25, -0.2) is 4.98 Å². The van der Waals surface area contributed by atoms with Crippen LogP contribution in [0.15, 0.2) is 36.5 Å². The van der Waals surface area contributed by atoms with E-state index >= 15 is 0 Å². The Morgan fingerprint density at radius 3 is 2.65 bits per heavy atom. The maximum atomic E-state index is 5.81. The molecular weight excluding hydrogens is 306 g/mol. The number of ether oxygens (including phenoxy) is 1. The summed E-state index contributed by atoms with van der Waals surface area (Å²) >= 11 is 5.31. The number of aromatic nitrogens is 1. The number of nitrogens with one attached hydrogen (secondary N) is 2. The summed E-state index contributed by atoms with van der Waals surface area (Å²) in [5.41, 5.74) is 3.63. The third-order valence-electron chi connectivity index (χ3n) is 3.51. The summed E-state index contributed by atoms with van der Waals surface area (Å²) in [5, 5.41) is 6.82. The summed E-state index contributed by atoms with van der Waals surface area (Å²) in [6.45, 7) is 8.75. The van der Waals surface area contributed by atoms with E-state index in [1.807, 2.05) is 32.0 Å². The van der Waals surface area contributed by atoms with E-state index in [-0.39, 0.29) is 6.04 Å². The first-order valence-corrected chi connectivity index (χ1v) is 8.05. The molecular formula is C18H23N3OS. The largest absolute Gasteiger partial charge is 0.491 e. The molecule has 0 spiro atoms. The van der Waals surface area contributed by atoms with Crippen molar-refractivity contribution in [1.29, 1.82) is 0 Å². The van der Waals surface area contributed by atoms with Crippen molar-refractivity contribution in [3.63, 3.8) is 0 Å². The van der Waals surface area contributed by atoms with Gasteiger partial charge >= 0.3 is 0 Å². The van der Waals surface area contributed by atoms with Crippen molar-refractivity contribution in [1.82, 2.24) is 10.3 Å². The van der Waals surface area contributed by atoms with Gasteiger partial charge in [-0.1, -0.05) is 6.07 Å². The molecule has 0 fully saturated rings. The van der Waals surface area contributed by atoms with Crippen molar-refractivity contribution >= 4 is 23.1 Å². The van der Waals surface area contributed by atoms with Crippen molar-refractivity contribution in [2.45, 2.75) is 33.7 Å². The van der Waals surface area contributed by atoms with Crippen LogP contribution in [-0.4, -0.2) is 22.7 Å². The number of pyridine rings is 1. The zero-order chi connectivity index (χ0) is 16.8. The van der Waals surface area contributed by atoms with Crippen LogP contribution in [0.1, 0.15) is 23.6 Å². The first kappa shape index (κ1) is 17.2.